The highest BCUT2D eigenvalue weighted by Gasteiger charge is 2.23. The highest BCUT2D eigenvalue weighted by molar-refractivity contribution is 6.13. The van der Waals surface area contributed by atoms with Crippen molar-refractivity contribution in [3.05, 3.63) is 66.7 Å². The number of hydrogen-bond acceptors (Lipinski definition) is 3. The van der Waals surface area contributed by atoms with Crippen LogP contribution in [0.3, 0.4) is 0 Å². The third kappa shape index (κ3) is 2.31. The predicted octanol–water partition coefficient (Wildman–Crippen LogP) is 2.61. The topological polar surface area (TPSA) is 49.4 Å². The summed E-state index contributed by atoms with van der Waals surface area (Å²) in [6.45, 7) is 0. The maximum Gasteiger partial charge on any atom is 0.272 e. The molecule has 1 aliphatic heterocycles. The van der Waals surface area contributed by atoms with Crippen molar-refractivity contribution in [3.63, 3.8) is 0 Å². The first-order chi connectivity index (χ1) is 9.74. The van der Waals surface area contributed by atoms with Gasteiger partial charge in [-0.25, -0.2) is 0 Å². The Morgan fingerprint density at radius 3 is 2.10 bits per heavy atom. The van der Waals surface area contributed by atoms with Gasteiger partial charge in [0.05, 0.1) is 5.69 Å². The summed E-state index contributed by atoms with van der Waals surface area (Å²) in [4.78, 5) is 23.0. The van der Waals surface area contributed by atoms with Gasteiger partial charge < -0.3 is 0 Å². The van der Waals surface area contributed by atoms with Gasteiger partial charge in [0, 0.05) is 12.2 Å². The van der Waals surface area contributed by atoms with E-state index in [9.17, 15) is 9.59 Å². The van der Waals surface area contributed by atoms with Crippen LogP contribution in [0.15, 0.2) is 66.7 Å². The minimum absolute atomic E-state index is 0.361. The number of amides is 2. The van der Waals surface area contributed by atoms with E-state index in [-0.39, 0.29) is 11.8 Å². The SMILES string of the molecule is O=C1C=CC(=O)N1Nc1cccc(-c2ccccc2)c1. The molecule has 0 unspecified atom stereocenters. The molecule has 3 rings (SSSR count). The molecule has 0 spiro atoms. The van der Waals surface area contributed by atoms with Crippen molar-refractivity contribution in [3.8, 4) is 11.1 Å². The number of imide groups is 1. The highest BCUT2D eigenvalue weighted by Crippen LogP contribution is 2.23. The molecule has 0 aliphatic carbocycles. The first-order valence-electron chi connectivity index (χ1n) is 6.22. The number of carbonyl (C=O) groups is 2. The van der Waals surface area contributed by atoms with Gasteiger partial charge in [0.15, 0.2) is 0 Å². The van der Waals surface area contributed by atoms with Gasteiger partial charge in [0.2, 0.25) is 0 Å². The van der Waals surface area contributed by atoms with Crippen molar-refractivity contribution in [1.29, 1.82) is 0 Å². The van der Waals surface area contributed by atoms with Crippen molar-refractivity contribution >= 4 is 17.5 Å². The van der Waals surface area contributed by atoms with Crippen LogP contribution >= 0.6 is 0 Å². The third-order valence-corrected chi connectivity index (χ3v) is 3.02. The molecule has 0 radical (unpaired) electrons. The molecule has 20 heavy (non-hydrogen) atoms. The molecular formula is C16H12N2O2. The first kappa shape index (κ1) is 12.2. The zero-order valence-corrected chi connectivity index (χ0v) is 10.6. The maximum atomic E-state index is 11.5. The van der Waals surface area contributed by atoms with Crippen LogP contribution in [0.2, 0.25) is 0 Å². The Labute approximate surface area is 116 Å². The van der Waals surface area contributed by atoms with Crippen molar-refractivity contribution in [2.75, 3.05) is 5.43 Å². The lowest BCUT2D eigenvalue weighted by atomic mass is 10.1. The number of carbonyl (C=O) groups excluding carboxylic acids is 2. The Morgan fingerprint density at radius 2 is 1.40 bits per heavy atom. The van der Waals surface area contributed by atoms with Crippen LogP contribution in [0.5, 0.6) is 0 Å². The molecule has 1 N–H and O–H groups in total. The minimum atomic E-state index is -0.361. The number of rotatable bonds is 3. The van der Waals surface area contributed by atoms with Gasteiger partial charge in [-0.2, -0.15) is 5.01 Å². The van der Waals surface area contributed by atoms with Gasteiger partial charge >= 0.3 is 0 Å². The van der Waals surface area contributed by atoms with Gasteiger partial charge in [-0.05, 0) is 23.3 Å². The zero-order chi connectivity index (χ0) is 13.9. The first-order valence-corrected chi connectivity index (χ1v) is 6.22. The molecule has 4 nitrogen and oxygen atoms in total. The second kappa shape index (κ2) is 5.01. The van der Waals surface area contributed by atoms with Crippen LogP contribution in [0, 0.1) is 0 Å². The van der Waals surface area contributed by atoms with Crippen LogP contribution in [0.4, 0.5) is 5.69 Å². The zero-order valence-electron chi connectivity index (χ0n) is 10.6. The van der Waals surface area contributed by atoms with Gasteiger partial charge in [-0.15, -0.1) is 0 Å². The van der Waals surface area contributed by atoms with Crippen molar-refractivity contribution in [2.24, 2.45) is 0 Å². The van der Waals surface area contributed by atoms with E-state index in [4.69, 9.17) is 0 Å². The normalized spacial score (nSPS) is 13.9. The monoisotopic (exact) mass is 264 g/mol. The van der Waals surface area contributed by atoms with Crippen LogP contribution in [-0.2, 0) is 9.59 Å². The van der Waals surface area contributed by atoms with E-state index in [1.807, 2.05) is 54.6 Å². The van der Waals surface area contributed by atoms with Crippen molar-refractivity contribution in [1.82, 2.24) is 5.01 Å². The molecule has 2 aromatic rings. The van der Waals surface area contributed by atoms with Crippen LogP contribution in [-0.4, -0.2) is 16.8 Å². The quantitative estimate of drug-likeness (QED) is 0.867. The van der Waals surface area contributed by atoms with Gasteiger partial charge in [0.1, 0.15) is 0 Å². The lowest BCUT2D eigenvalue weighted by Crippen LogP contribution is -2.35. The Kier molecular flexibility index (Phi) is 3.05. The second-order valence-electron chi connectivity index (χ2n) is 4.40. The average molecular weight is 264 g/mol. The average Bonchev–Trinajstić information content (AvgIpc) is 2.80. The molecule has 2 aromatic carbocycles. The van der Waals surface area contributed by atoms with E-state index in [1.54, 1.807) is 0 Å². The summed E-state index contributed by atoms with van der Waals surface area (Å²) in [7, 11) is 0. The van der Waals surface area contributed by atoms with Crippen molar-refractivity contribution < 1.29 is 9.59 Å². The number of anilines is 1. The summed E-state index contributed by atoms with van der Waals surface area (Å²) in [5.41, 5.74) is 5.61. The van der Waals surface area contributed by atoms with E-state index in [1.165, 1.54) is 12.2 Å². The summed E-state index contributed by atoms with van der Waals surface area (Å²) >= 11 is 0. The lowest BCUT2D eigenvalue weighted by molar-refractivity contribution is -0.135. The molecule has 98 valence electrons. The molecule has 0 saturated heterocycles. The molecule has 1 heterocycles. The highest BCUT2D eigenvalue weighted by atomic mass is 16.2. The fraction of sp³-hybridized carbons (Fsp3) is 0. The molecule has 0 saturated carbocycles. The van der Waals surface area contributed by atoms with Crippen LogP contribution in [0.1, 0.15) is 0 Å². The number of nitrogens with zero attached hydrogens (tertiary/aromatic N) is 1. The molecule has 1 aliphatic rings. The Hall–Kier alpha value is -2.88. The molecule has 4 heteroatoms. The third-order valence-electron chi connectivity index (χ3n) is 3.02. The second-order valence-corrected chi connectivity index (χ2v) is 4.40. The fourth-order valence-corrected chi connectivity index (χ4v) is 2.04. The Bertz CT molecular complexity index is 675. The predicted molar refractivity (Wildman–Crippen MR) is 76.5 cm³/mol. The number of nitrogens with one attached hydrogen (secondary N) is 1. The van der Waals surface area contributed by atoms with E-state index >= 15 is 0 Å². The molecular weight excluding hydrogens is 252 g/mol. The van der Waals surface area contributed by atoms with Crippen LogP contribution in [0.25, 0.3) is 11.1 Å². The molecule has 0 fully saturated rings. The maximum absolute atomic E-state index is 11.5. The summed E-state index contributed by atoms with van der Waals surface area (Å²) in [5, 5.41) is 0.990. The number of hydrogen-bond donors (Lipinski definition) is 1. The van der Waals surface area contributed by atoms with Crippen molar-refractivity contribution in [2.45, 2.75) is 0 Å². The fourth-order valence-electron chi connectivity index (χ4n) is 2.04. The largest absolute Gasteiger partial charge is 0.288 e. The van der Waals surface area contributed by atoms with Gasteiger partial charge in [-0.3, -0.25) is 15.0 Å². The van der Waals surface area contributed by atoms with E-state index in [0.29, 0.717) is 5.69 Å². The Morgan fingerprint density at radius 1 is 0.750 bits per heavy atom. The summed E-state index contributed by atoms with van der Waals surface area (Å²) in [6.07, 6.45) is 2.49. The summed E-state index contributed by atoms with van der Waals surface area (Å²) < 4.78 is 0. The van der Waals surface area contributed by atoms with Gasteiger partial charge in [0.25, 0.3) is 11.8 Å². The minimum Gasteiger partial charge on any atom is -0.288 e. The van der Waals surface area contributed by atoms with Gasteiger partial charge in [-0.1, -0.05) is 42.5 Å². The molecule has 0 bridgehead atoms. The van der Waals surface area contributed by atoms with E-state index in [2.05, 4.69) is 5.43 Å². The lowest BCUT2D eigenvalue weighted by Gasteiger charge is -2.16. The Balaban J connectivity index is 1.85. The number of hydrazine groups is 1. The standard InChI is InChI=1S/C16H12N2O2/c19-15-9-10-16(20)18(15)17-14-8-4-7-13(11-14)12-5-2-1-3-6-12/h1-11,17H. The van der Waals surface area contributed by atoms with E-state index in [0.717, 1.165) is 16.1 Å². The smallest absolute Gasteiger partial charge is 0.272 e. The summed E-state index contributed by atoms with van der Waals surface area (Å²) in [6, 6.07) is 17.5. The van der Waals surface area contributed by atoms with E-state index < -0.39 is 0 Å². The number of benzene rings is 2. The summed E-state index contributed by atoms with van der Waals surface area (Å²) in [5.74, 6) is -0.722. The van der Waals surface area contributed by atoms with Crippen LogP contribution < -0.4 is 5.43 Å². The molecule has 2 amide bonds. The molecule has 0 atom stereocenters. The molecule has 0 aromatic heterocycles.